The van der Waals surface area contributed by atoms with Gasteiger partial charge in [0.15, 0.2) is 5.78 Å². The van der Waals surface area contributed by atoms with Crippen molar-refractivity contribution in [1.82, 2.24) is 0 Å². The molecule has 6 heteroatoms. The van der Waals surface area contributed by atoms with E-state index in [2.05, 4.69) is 12.1 Å². The third kappa shape index (κ3) is 4.96. The Morgan fingerprint density at radius 1 is 0.943 bits per heavy atom. The van der Waals surface area contributed by atoms with Gasteiger partial charge in [0.2, 0.25) is 0 Å². The van der Waals surface area contributed by atoms with Crippen molar-refractivity contribution in [3.8, 4) is 0 Å². The van der Waals surface area contributed by atoms with Crippen LogP contribution in [-0.4, -0.2) is 23.6 Å². The highest BCUT2D eigenvalue weighted by atomic mass is 35.5. The van der Waals surface area contributed by atoms with Gasteiger partial charge in [-0.2, -0.15) is 0 Å². The van der Waals surface area contributed by atoms with Gasteiger partial charge < -0.3 is 4.74 Å². The molecule has 1 saturated carbocycles. The van der Waals surface area contributed by atoms with Gasteiger partial charge in [-0.3, -0.25) is 14.6 Å². The van der Waals surface area contributed by atoms with E-state index in [9.17, 15) is 9.59 Å². The average molecular weight is 510 g/mol. The Morgan fingerprint density at radius 2 is 1.69 bits per heavy atom. The number of carbonyl (C=O) groups excluding carboxylic acids is 2. The van der Waals surface area contributed by atoms with Gasteiger partial charge in [-0.1, -0.05) is 66.0 Å². The summed E-state index contributed by atoms with van der Waals surface area (Å²) in [6, 6.07) is 15.4. The van der Waals surface area contributed by atoms with Crippen molar-refractivity contribution in [1.29, 1.82) is 0 Å². The molecule has 35 heavy (non-hydrogen) atoms. The number of hydrogen-bond donors (Lipinski definition) is 0. The van der Waals surface area contributed by atoms with E-state index in [-0.39, 0.29) is 23.8 Å². The molecule has 2 aromatic carbocycles. The number of rotatable bonds is 4. The van der Waals surface area contributed by atoms with Crippen molar-refractivity contribution in [3.63, 3.8) is 0 Å². The maximum absolute atomic E-state index is 13.7. The van der Waals surface area contributed by atoms with Crippen molar-refractivity contribution >= 4 is 40.7 Å². The van der Waals surface area contributed by atoms with Crippen LogP contribution in [0.5, 0.6) is 0 Å². The summed E-state index contributed by atoms with van der Waals surface area (Å²) in [6.45, 7) is 1.87. The van der Waals surface area contributed by atoms with E-state index in [1.165, 1.54) is 6.42 Å². The lowest BCUT2D eigenvalue weighted by atomic mass is 9.69. The molecule has 0 bridgehead atoms. The monoisotopic (exact) mass is 509 g/mol. The molecule has 2 aromatic rings. The van der Waals surface area contributed by atoms with E-state index >= 15 is 0 Å². The SMILES string of the molecule is CC1=NC2=C(C(=O)C[C@H](c3ccccc3)C2)[C@H](c2ccc(Cl)c(Cl)c2)C1C(=O)OC1CCCCC1. The van der Waals surface area contributed by atoms with E-state index in [0.29, 0.717) is 34.2 Å². The second-order valence-electron chi connectivity index (χ2n) is 9.88. The largest absolute Gasteiger partial charge is 0.462 e. The van der Waals surface area contributed by atoms with E-state index < -0.39 is 11.8 Å². The second-order valence-corrected chi connectivity index (χ2v) is 10.7. The lowest BCUT2D eigenvalue weighted by Crippen LogP contribution is -2.39. The van der Waals surface area contributed by atoms with Gasteiger partial charge in [-0.05, 0) is 68.2 Å². The first-order chi connectivity index (χ1) is 16.9. The van der Waals surface area contributed by atoms with Crippen molar-refractivity contribution in [2.24, 2.45) is 10.9 Å². The topological polar surface area (TPSA) is 55.7 Å². The van der Waals surface area contributed by atoms with Gasteiger partial charge in [-0.25, -0.2) is 0 Å². The average Bonchev–Trinajstić information content (AvgIpc) is 2.86. The molecule has 0 aromatic heterocycles. The van der Waals surface area contributed by atoms with Crippen molar-refractivity contribution in [2.75, 3.05) is 0 Å². The Labute approximate surface area is 216 Å². The van der Waals surface area contributed by atoms with Crippen LogP contribution in [0.1, 0.15) is 74.8 Å². The number of allylic oxidation sites excluding steroid dienone is 2. The minimum Gasteiger partial charge on any atom is -0.462 e. The summed E-state index contributed by atoms with van der Waals surface area (Å²) in [7, 11) is 0. The van der Waals surface area contributed by atoms with Gasteiger partial charge in [0.1, 0.15) is 12.0 Å². The number of hydrogen-bond acceptors (Lipinski definition) is 4. The van der Waals surface area contributed by atoms with Crippen LogP contribution in [0.15, 0.2) is 64.8 Å². The van der Waals surface area contributed by atoms with Crippen molar-refractivity contribution in [2.45, 2.75) is 69.8 Å². The van der Waals surface area contributed by atoms with Crippen molar-refractivity contribution in [3.05, 3.63) is 81.0 Å². The van der Waals surface area contributed by atoms with Gasteiger partial charge in [0, 0.05) is 29.3 Å². The fourth-order valence-electron chi connectivity index (χ4n) is 5.81. The summed E-state index contributed by atoms with van der Waals surface area (Å²) >= 11 is 12.6. The Balaban J connectivity index is 1.54. The smallest absolute Gasteiger partial charge is 0.315 e. The molecule has 3 aliphatic rings. The summed E-state index contributed by atoms with van der Waals surface area (Å²) < 4.78 is 6.00. The zero-order valence-electron chi connectivity index (χ0n) is 19.8. The molecule has 0 radical (unpaired) electrons. The standard InChI is InChI=1S/C29H29Cl2NO3/c1-17-26(29(34)35-21-10-6-3-7-11-21)27(19-12-13-22(30)23(31)14-19)28-24(32-17)15-20(16-25(28)33)18-8-4-2-5-9-18/h2,4-5,8-9,12-14,20-21,26-27H,3,6-7,10-11,15-16H2,1H3/t20-,26?,27-/m1/s1. The molecule has 1 aliphatic heterocycles. The zero-order valence-corrected chi connectivity index (χ0v) is 21.3. The minimum atomic E-state index is -0.662. The summed E-state index contributed by atoms with van der Waals surface area (Å²) in [5, 5.41) is 0.836. The molecular formula is C29H29Cl2NO3. The highest BCUT2D eigenvalue weighted by molar-refractivity contribution is 6.42. The predicted molar refractivity (Wildman–Crippen MR) is 139 cm³/mol. The number of nitrogens with zero attached hydrogens (tertiary/aromatic N) is 1. The molecular weight excluding hydrogens is 481 g/mol. The molecule has 0 spiro atoms. The Bertz CT molecular complexity index is 1200. The first-order valence-electron chi connectivity index (χ1n) is 12.4. The van der Waals surface area contributed by atoms with Crippen LogP contribution < -0.4 is 0 Å². The van der Waals surface area contributed by atoms with Crippen LogP contribution in [0.3, 0.4) is 0 Å². The summed E-state index contributed by atoms with van der Waals surface area (Å²) in [6.07, 6.45) is 6.07. The molecule has 182 valence electrons. The van der Waals surface area contributed by atoms with Crippen LogP contribution in [-0.2, 0) is 14.3 Å². The Hall–Kier alpha value is -2.43. The minimum absolute atomic E-state index is 0.0305. The number of benzene rings is 2. The molecule has 1 unspecified atom stereocenters. The molecule has 5 rings (SSSR count). The fraction of sp³-hybridized carbons (Fsp3) is 0.414. The van der Waals surface area contributed by atoms with E-state index in [0.717, 1.165) is 42.5 Å². The highest BCUT2D eigenvalue weighted by Gasteiger charge is 2.45. The van der Waals surface area contributed by atoms with Gasteiger partial charge in [-0.15, -0.1) is 0 Å². The molecule has 4 nitrogen and oxygen atoms in total. The second kappa shape index (κ2) is 10.3. The molecule has 0 amide bonds. The fourth-order valence-corrected chi connectivity index (χ4v) is 6.12. The van der Waals surface area contributed by atoms with E-state index in [1.54, 1.807) is 12.1 Å². The van der Waals surface area contributed by atoms with E-state index in [4.69, 9.17) is 32.9 Å². The van der Waals surface area contributed by atoms with Gasteiger partial charge in [0.25, 0.3) is 0 Å². The summed E-state index contributed by atoms with van der Waals surface area (Å²) in [4.78, 5) is 32.1. The maximum Gasteiger partial charge on any atom is 0.315 e. The Kier molecular flexibility index (Phi) is 7.13. The number of ether oxygens (including phenoxy) is 1. The number of halogens is 2. The molecule has 2 aliphatic carbocycles. The summed E-state index contributed by atoms with van der Waals surface area (Å²) in [5.41, 5.74) is 3.99. The number of esters is 1. The predicted octanol–water partition coefficient (Wildman–Crippen LogP) is 7.44. The van der Waals surface area contributed by atoms with Gasteiger partial charge in [0.05, 0.1) is 10.0 Å². The number of carbonyl (C=O) groups is 2. The molecule has 0 saturated heterocycles. The first-order valence-corrected chi connectivity index (χ1v) is 13.2. The lowest BCUT2D eigenvalue weighted by molar-refractivity contribution is -0.153. The van der Waals surface area contributed by atoms with Gasteiger partial charge >= 0.3 is 5.97 Å². The number of aliphatic imine (C=N–C) groups is 1. The molecule has 1 heterocycles. The quantitative estimate of drug-likeness (QED) is 0.402. The highest BCUT2D eigenvalue weighted by Crippen LogP contribution is 2.47. The van der Waals surface area contributed by atoms with Crippen LogP contribution in [0.25, 0.3) is 0 Å². The number of ketones is 1. The van der Waals surface area contributed by atoms with Crippen LogP contribution in [0.2, 0.25) is 10.0 Å². The zero-order chi connectivity index (χ0) is 24.5. The normalized spacial score (nSPS) is 25.2. The van der Waals surface area contributed by atoms with Crippen molar-refractivity contribution < 1.29 is 14.3 Å². The third-order valence-electron chi connectivity index (χ3n) is 7.55. The lowest BCUT2D eigenvalue weighted by Gasteiger charge is -2.37. The van der Waals surface area contributed by atoms with E-state index in [1.807, 2.05) is 31.2 Å². The molecule has 1 fully saturated rings. The summed E-state index contributed by atoms with van der Waals surface area (Å²) in [5.74, 6) is -1.36. The third-order valence-corrected chi connectivity index (χ3v) is 8.29. The molecule has 0 N–H and O–H groups in total. The maximum atomic E-state index is 13.7. The Morgan fingerprint density at radius 3 is 2.40 bits per heavy atom. The van der Waals surface area contributed by atoms with Crippen LogP contribution in [0, 0.1) is 5.92 Å². The molecule has 3 atom stereocenters. The van der Waals surface area contributed by atoms with Crippen LogP contribution in [0.4, 0.5) is 0 Å². The van der Waals surface area contributed by atoms with Crippen LogP contribution >= 0.6 is 23.2 Å². The first kappa shape index (κ1) is 24.3. The number of Topliss-reactive ketones (excluding diaryl/α,β-unsaturated/α-hetero) is 1.